The number of benzene rings is 1. The third-order valence-corrected chi connectivity index (χ3v) is 2.63. The van der Waals surface area contributed by atoms with Crippen molar-refractivity contribution in [1.29, 1.82) is 0 Å². The van der Waals surface area contributed by atoms with E-state index in [1.165, 1.54) is 0 Å². The van der Waals surface area contributed by atoms with E-state index in [4.69, 9.17) is 5.84 Å². The maximum atomic E-state index is 11.2. The third kappa shape index (κ3) is 2.29. The molecule has 0 radical (unpaired) electrons. The van der Waals surface area contributed by atoms with E-state index in [0.29, 0.717) is 0 Å². The second-order valence-corrected chi connectivity index (χ2v) is 3.61. The number of carbonyl (C=O) groups excluding carboxylic acids is 1. The van der Waals surface area contributed by atoms with Crippen LogP contribution in [0, 0.1) is 0 Å². The number of hydrogen-bond donors (Lipinski definition) is 2. The Bertz CT molecular complexity index is 314. The Labute approximate surface area is 85.4 Å². The molecule has 70 valence electrons. The Hall–Kier alpha value is -0.870. The minimum atomic E-state index is -0.236. The van der Waals surface area contributed by atoms with Gasteiger partial charge in [-0.1, -0.05) is 34.1 Å². The van der Waals surface area contributed by atoms with Crippen molar-refractivity contribution >= 4 is 21.8 Å². The second kappa shape index (κ2) is 4.39. The van der Waals surface area contributed by atoms with Crippen molar-refractivity contribution in [3.8, 4) is 0 Å². The van der Waals surface area contributed by atoms with E-state index in [-0.39, 0.29) is 11.8 Å². The van der Waals surface area contributed by atoms with Crippen LogP contribution in [-0.2, 0) is 4.79 Å². The van der Waals surface area contributed by atoms with Crippen molar-refractivity contribution in [2.75, 3.05) is 0 Å². The fraction of sp³-hybridized carbons (Fsp3) is 0.222. The molecule has 13 heavy (non-hydrogen) atoms. The zero-order valence-electron chi connectivity index (χ0n) is 7.25. The number of halogens is 1. The summed E-state index contributed by atoms with van der Waals surface area (Å²) in [6, 6.07) is 7.58. The molecule has 0 saturated carbocycles. The highest BCUT2D eigenvalue weighted by molar-refractivity contribution is 9.10. The molecule has 0 aromatic heterocycles. The lowest BCUT2D eigenvalue weighted by molar-refractivity contribution is -0.122. The zero-order chi connectivity index (χ0) is 9.84. The lowest BCUT2D eigenvalue weighted by Crippen LogP contribution is -2.33. The lowest BCUT2D eigenvalue weighted by atomic mass is 10.0. The van der Waals surface area contributed by atoms with Crippen molar-refractivity contribution < 1.29 is 4.79 Å². The van der Waals surface area contributed by atoms with Gasteiger partial charge in [-0.25, -0.2) is 5.84 Å². The first-order chi connectivity index (χ1) is 6.16. The van der Waals surface area contributed by atoms with Crippen LogP contribution in [0.15, 0.2) is 28.7 Å². The summed E-state index contributed by atoms with van der Waals surface area (Å²) in [5.41, 5.74) is 3.07. The van der Waals surface area contributed by atoms with Gasteiger partial charge in [-0.15, -0.1) is 0 Å². The Morgan fingerprint density at radius 2 is 2.15 bits per heavy atom. The maximum Gasteiger partial charge on any atom is 0.241 e. The van der Waals surface area contributed by atoms with Crippen LogP contribution < -0.4 is 11.3 Å². The quantitative estimate of drug-likeness (QED) is 0.470. The van der Waals surface area contributed by atoms with E-state index in [2.05, 4.69) is 21.4 Å². The van der Waals surface area contributed by atoms with Gasteiger partial charge in [0.05, 0.1) is 5.92 Å². The first-order valence-electron chi connectivity index (χ1n) is 3.91. The van der Waals surface area contributed by atoms with Gasteiger partial charge in [-0.05, 0) is 18.6 Å². The summed E-state index contributed by atoms with van der Waals surface area (Å²) in [7, 11) is 0. The van der Waals surface area contributed by atoms with Gasteiger partial charge in [0.15, 0.2) is 0 Å². The molecule has 1 rings (SSSR count). The molecule has 3 N–H and O–H groups in total. The molecule has 1 unspecified atom stereocenters. The van der Waals surface area contributed by atoms with Crippen molar-refractivity contribution in [1.82, 2.24) is 5.43 Å². The first-order valence-corrected chi connectivity index (χ1v) is 4.71. The van der Waals surface area contributed by atoms with Crippen molar-refractivity contribution in [3.05, 3.63) is 34.3 Å². The van der Waals surface area contributed by atoms with Gasteiger partial charge in [0.2, 0.25) is 5.91 Å². The maximum absolute atomic E-state index is 11.2. The molecule has 0 aliphatic rings. The molecular weight excluding hydrogens is 232 g/mol. The van der Waals surface area contributed by atoms with Gasteiger partial charge < -0.3 is 0 Å². The molecule has 0 aliphatic carbocycles. The van der Waals surface area contributed by atoms with E-state index in [1.54, 1.807) is 0 Å². The standard InChI is InChI=1S/C9H11BrN2O/c1-6(9(13)12-11)7-4-2-3-5-8(7)10/h2-6H,11H2,1H3,(H,12,13). The Morgan fingerprint density at radius 1 is 1.54 bits per heavy atom. The van der Waals surface area contributed by atoms with Crippen molar-refractivity contribution in [2.45, 2.75) is 12.8 Å². The number of nitrogens with two attached hydrogens (primary N) is 1. The molecule has 4 heteroatoms. The van der Waals surface area contributed by atoms with Gasteiger partial charge in [0.25, 0.3) is 0 Å². The molecule has 1 amide bonds. The molecule has 0 fully saturated rings. The van der Waals surface area contributed by atoms with Crippen LogP contribution in [-0.4, -0.2) is 5.91 Å². The van der Waals surface area contributed by atoms with E-state index in [0.717, 1.165) is 10.0 Å². The van der Waals surface area contributed by atoms with Gasteiger partial charge in [-0.2, -0.15) is 0 Å². The normalized spacial score (nSPS) is 12.2. The molecule has 0 saturated heterocycles. The van der Waals surface area contributed by atoms with Gasteiger partial charge in [-0.3, -0.25) is 10.2 Å². The second-order valence-electron chi connectivity index (χ2n) is 2.75. The number of carbonyl (C=O) groups is 1. The van der Waals surface area contributed by atoms with Crippen LogP contribution in [0.1, 0.15) is 18.4 Å². The monoisotopic (exact) mass is 242 g/mol. The number of hydrogen-bond acceptors (Lipinski definition) is 2. The van der Waals surface area contributed by atoms with Crippen LogP contribution in [0.4, 0.5) is 0 Å². The van der Waals surface area contributed by atoms with Crippen LogP contribution in [0.2, 0.25) is 0 Å². The fourth-order valence-electron chi connectivity index (χ4n) is 1.09. The molecule has 1 aromatic carbocycles. The van der Waals surface area contributed by atoms with Crippen LogP contribution in [0.25, 0.3) is 0 Å². The summed E-state index contributed by atoms with van der Waals surface area (Å²) in [4.78, 5) is 11.2. The molecule has 3 nitrogen and oxygen atoms in total. The summed E-state index contributed by atoms with van der Waals surface area (Å²) >= 11 is 3.37. The SMILES string of the molecule is CC(C(=O)NN)c1ccccc1Br. The number of rotatable bonds is 2. The predicted octanol–water partition coefficient (Wildman–Crippen LogP) is 1.54. The van der Waals surface area contributed by atoms with E-state index in [1.807, 2.05) is 31.2 Å². The summed E-state index contributed by atoms with van der Waals surface area (Å²) in [5.74, 6) is 4.62. The highest BCUT2D eigenvalue weighted by Crippen LogP contribution is 2.24. The predicted molar refractivity (Wildman–Crippen MR) is 54.9 cm³/mol. The summed E-state index contributed by atoms with van der Waals surface area (Å²) < 4.78 is 0.922. The average Bonchev–Trinajstić information content (AvgIpc) is 2.16. The molecule has 1 aromatic rings. The van der Waals surface area contributed by atoms with Crippen molar-refractivity contribution in [3.63, 3.8) is 0 Å². The van der Waals surface area contributed by atoms with Crippen molar-refractivity contribution in [2.24, 2.45) is 5.84 Å². The molecule has 0 bridgehead atoms. The van der Waals surface area contributed by atoms with Gasteiger partial charge in [0, 0.05) is 4.47 Å². The summed E-state index contributed by atoms with van der Waals surface area (Å²) in [6.45, 7) is 1.81. The Kier molecular flexibility index (Phi) is 3.45. The minimum Gasteiger partial charge on any atom is -0.294 e. The smallest absolute Gasteiger partial charge is 0.241 e. The number of nitrogens with one attached hydrogen (secondary N) is 1. The third-order valence-electron chi connectivity index (χ3n) is 1.91. The molecular formula is C9H11BrN2O. The van der Waals surface area contributed by atoms with Gasteiger partial charge >= 0.3 is 0 Å². The highest BCUT2D eigenvalue weighted by Gasteiger charge is 2.15. The number of hydrazine groups is 1. The number of amides is 1. The Morgan fingerprint density at radius 3 is 2.69 bits per heavy atom. The molecule has 0 spiro atoms. The van der Waals surface area contributed by atoms with Gasteiger partial charge in [0.1, 0.15) is 0 Å². The van der Waals surface area contributed by atoms with Crippen LogP contribution in [0.5, 0.6) is 0 Å². The largest absolute Gasteiger partial charge is 0.294 e. The zero-order valence-corrected chi connectivity index (χ0v) is 8.84. The lowest BCUT2D eigenvalue weighted by Gasteiger charge is -2.11. The van der Waals surface area contributed by atoms with E-state index >= 15 is 0 Å². The molecule has 0 heterocycles. The molecule has 1 atom stereocenters. The van der Waals surface area contributed by atoms with E-state index < -0.39 is 0 Å². The first kappa shape index (κ1) is 10.2. The summed E-state index contributed by atoms with van der Waals surface area (Å²) in [5, 5.41) is 0. The van der Waals surface area contributed by atoms with Crippen LogP contribution in [0.3, 0.4) is 0 Å². The fourth-order valence-corrected chi connectivity index (χ4v) is 1.72. The van der Waals surface area contributed by atoms with E-state index in [9.17, 15) is 4.79 Å². The average molecular weight is 243 g/mol. The highest BCUT2D eigenvalue weighted by atomic mass is 79.9. The topological polar surface area (TPSA) is 55.1 Å². The minimum absolute atomic E-state index is 0.188. The molecule has 0 aliphatic heterocycles. The Balaban J connectivity index is 2.95. The van der Waals surface area contributed by atoms with Crippen LogP contribution >= 0.6 is 15.9 Å². The summed E-state index contributed by atoms with van der Waals surface area (Å²) in [6.07, 6.45) is 0.